The van der Waals surface area contributed by atoms with E-state index in [1.54, 1.807) is 23.0 Å². The first-order chi connectivity index (χ1) is 7.09. The van der Waals surface area contributed by atoms with Crippen LogP contribution in [0.1, 0.15) is 5.69 Å². The van der Waals surface area contributed by atoms with Crippen LogP contribution in [0.25, 0.3) is 0 Å². The Bertz CT molecular complexity index is 406. The van der Waals surface area contributed by atoms with Crippen LogP contribution in [0.4, 0.5) is 0 Å². The average Bonchev–Trinajstić information content (AvgIpc) is 2.56. The topological polar surface area (TPSA) is 38.0 Å². The van der Waals surface area contributed by atoms with Crippen molar-refractivity contribution in [1.29, 1.82) is 0 Å². The molecule has 0 aromatic carbocycles. The monoisotopic (exact) mass is 224 g/mol. The van der Waals surface area contributed by atoms with Crippen molar-refractivity contribution in [2.75, 3.05) is 0 Å². The zero-order valence-electron chi connectivity index (χ0n) is 8.47. The number of hydrogen-bond acceptors (Lipinski definition) is 2. The van der Waals surface area contributed by atoms with E-state index < -0.39 is 5.06 Å². The summed E-state index contributed by atoms with van der Waals surface area (Å²) in [7, 11) is 1.88. The Balaban J connectivity index is 2.16. The first-order valence-corrected chi connectivity index (χ1v) is 5.21. The third-order valence-corrected chi connectivity index (χ3v) is 3.06. The summed E-state index contributed by atoms with van der Waals surface area (Å²) in [5.74, 6) is -0.112. The largest absolute Gasteiger partial charge is 0.371 e. The number of aryl methyl sites for hydroxylation is 1. The van der Waals surface area contributed by atoms with Gasteiger partial charge in [-0.2, -0.15) is 5.10 Å². The number of allylic oxidation sites excluding steroid dienone is 2. The van der Waals surface area contributed by atoms with Crippen LogP contribution in [-0.4, -0.2) is 19.9 Å². The van der Waals surface area contributed by atoms with Gasteiger partial charge < -0.3 is 5.11 Å². The third kappa shape index (κ3) is 2.13. The first kappa shape index (κ1) is 10.5. The van der Waals surface area contributed by atoms with Crippen molar-refractivity contribution in [2.45, 2.75) is 11.5 Å². The van der Waals surface area contributed by atoms with Gasteiger partial charge in [-0.05, 0) is 18.6 Å². The van der Waals surface area contributed by atoms with E-state index in [-0.39, 0.29) is 5.92 Å². The van der Waals surface area contributed by atoms with Crippen molar-refractivity contribution in [3.63, 3.8) is 0 Å². The quantitative estimate of drug-likeness (QED) is 0.776. The molecule has 0 aliphatic heterocycles. The van der Waals surface area contributed by atoms with Crippen LogP contribution >= 0.6 is 11.6 Å². The molecule has 80 valence electrons. The van der Waals surface area contributed by atoms with Crippen molar-refractivity contribution in [2.24, 2.45) is 13.0 Å². The van der Waals surface area contributed by atoms with E-state index in [1.165, 1.54) is 0 Å². The van der Waals surface area contributed by atoms with Crippen molar-refractivity contribution >= 4 is 11.6 Å². The Morgan fingerprint density at radius 1 is 1.60 bits per heavy atom. The summed E-state index contributed by atoms with van der Waals surface area (Å²) >= 11 is 6.00. The molecule has 0 saturated heterocycles. The second-order valence-corrected chi connectivity index (χ2v) is 4.33. The molecule has 1 aromatic rings. The summed E-state index contributed by atoms with van der Waals surface area (Å²) < 4.78 is 1.79. The van der Waals surface area contributed by atoms with Crippen molar-refractivity contribution < 1.29 is 5.11 Å². The normalized spacial score (nSPS) is 29.7. The smallest absolute Gasteiger partial charge is 0.164 e. The fourth-order valence-corrected chi connectivity index (χ4v) is 1.91. The van der Waals surface area contributed by atoms with Crippen LogP contribution in [0.2, 0.25) is 0 Å². The third-order valence-electron chi connectivity index (χ3n) is 2.66. The van der Waals surface area contributed by atoms with Crippen LogP contribution in [0.3, 0.4) is 0 Å². The molecule has 0 saturated carbocycles. The summed E-state index contributed by atoms with van der Waals surface area (Å²) in [6.45, 7) is 0. The number of nitrogens with zero attached hydrogens (tertiary/aromatic N) is 2. The fraction of sp³-hybridized carbons (Fsp3) is 0.364. The second kappa shape index (κ2) is 3.83. The van der Waals surface area contributed by atoms with Crippen molar-refractivity contribution in [3.05, 3.63) is 42.3 Å². The van der Waals surface area contributed by atoms with Gasteiger partial charge in [0.25, 0.3) is 0 Å². The predicted octanol–water partition coefficient (Wildman–Crippen LogP) is 1.63. The lowest BCUT2D eigenvalue weighted by Gasteiger charge is -2.27. The number of hydrogen-bond donors (Lipinski definition) is 1. The highest BCUT2D eigenvalue weighted by Gasteiger charge is 2.31. The van der Waals surface area contributed by atoms with Crippen LogP contribution in [0.15, 0.2) is 36.6 Å². The molecule has 2 unspecified atom stereocenters. The van der Waals surface area contributed by atoms with Crippen LogP contribution in [0, 0.1) is 5.92 Å². The van der Waals surface area contributed by atoms with Gasteiger partial charge in [-0.3, -0.25) is 4.68 Å². The number of rotatable bonds is 2. The second-order valence-electron chi connectivity index (χ2n) is 3.73. The standard InChI is InChI=1S/C11H13ClN2O/c1-14-10(5-7-13-14)8-9-4-2-3-6-11(9,12)15/h2-7,9,15H,8H2,1H3. The van der Waals surface area contributed by atoms with E-state index in [4.69, 9.17) is 11.6 Å². The van der Waals surface area contributed by atoms with E-state index in [2.05, 4.69) is 5.10 Å². The van der Waals surface area contributed by atoms with Gasteiger partial charge in [0.05, 0.1) is 0 Å². The molecule has 0 amide bonds. The maximum Gasteiger partial charge on any atom is 0.164 e. The molecule has 0 radical (unpaired) electrons. The SMILES string of the molecule is Cn1nccc1CC1C=CC=CC1(O)Cl. The van der Waals surface area contributed by atoms with Gasteiger partial charge in [-0.25, -0.2) is 0 Å². The molecule has 1 N–H and O–H groups in total. The van der Waals surface area contributed by atoms with E-state index in [0.717, 1.165) is 5.69 Å². The van der Waals surface area contributed by atoms with E-state index in [0.29, 0.717) is 6.42 Å². The molecule has 2 atom stereocenters. The van der Waals surface area contributed by atoms with Gasteiger partial charge in [0.15, 0.2) is 5.06 Å². The zero-order valence-corrected chi connectivity index (χ0v) is 9.22. The molecule has 15 heavy (non-hydrogen) atoms. The maximum atomic E-state index is 9.92. The van der Waals surface area contributed by atoms with Crippen LogP contribution in [-0.2, 0) is 13.5 Å². The van der Waals surface area contributed by atoms with Gasteiger partial charge in [-0.1, -0.05) is 29.8 Å². The van der Waals surface area contributed by atoms with E-state index >= 15 is 0 Å². The van der Waals surface area contributed by atoms with Crippen molar-refractivity contribution in [3.8, 4) is 0 Å². The summed E-state index contributed by atoms with van der Waals surface area (Å²) in [6.07, 6.45) is 9.60. The summed E-state index contributed by atoms with van der Waals surface area (Å²) in [4.78, 5) is 0. The predicted molar refractivity (Wildman–Crippen MR) is 59.5 cm³/mol. The summed E-state index contributed by atoms with van der Waals surface area (Å²) in [5, 5.41) is 12.7. The molecule has 1 aromatic heterocycles. The van der Waals surface area contributed by atoms with Gasteiger partial charge >= 0.3 is 0 Å². The molecule has 0 spiro atoms. The Morgan fingerprint density at radius 3 is 3.00 bits per heavy atom. The molecule has 1 aliphatic carbocycles. The highest BCUT2D eigenvalue weighted by Crippen LogP contribution is 2.31. The number of aliphatic hydroxyl groups is 1. The minimum atomic E-state index is -1.28. The van der Waals surface area contributed by atoms with Gasteiger partial charge in [0.1, 0.15) is 0 Å². The van der Waals surface area contributed by atoms with Crippen LogP contribution in [0.5, 0.6) is 0 Å². The molecule has 1 aliphatic rings. The van der Waals surface area contributed by atoms with Gasteiger partial charge in [0, 0.05) is 24.9 Å². The maximum absolute atomic E-state index is 9.92. The van der Waals surface area contributed by atoms with Gasteiger partial charge in [-0.15, -0.1) is 0 Å². The number of alkyl halides is 1. The molecule has 2 rings (SSSR count). The average molecular weight is 225 g/mol. The lowest BCUT2D eigenvalue weighted by molar-refractivity contribution is 0.130. The molecule has 1 heterocycles. The first-order valence-electron chi connectivity index (χ1n) is 4.84. The molecule has 0 fully saturated rings. The fourth-order valence-electron chi connectivity index (χ4n) is 1.69. The van der Waals surface area contributed by atoms with Crippen LogP contribution < -0.4 is 0 Å². The highest BCUT2D eigenvalue weighted by atomic mass is 35.5. The summed E-state index contributed by atoms with van der Waals surface area (Å²) in [5.41, 5.74) is 1.05. The Labute approximate surface area is 93.7 Å². The lowest BCUT2D eigenvalue weighted by atomic mass is 9.92. The Morgan fingerprint density at radius 2 is 2.40 bits per heavy atom. The number of halogens is 1. The van der Waals surface area contributed by atoms with E-state index in [9.17, 15) is 5.11 Å². The van der Waals surface area contributed by atoms with E-state index in [1.807, 2.05) is 25.3 Å². The minimum absolute atomic E-state index is 0.112. The lowest BCUT2D eigenvalue weighted by Crippen LogP contribution is -2.31. The Hall–Kier alpha value is -1.06. The highest BCUT2D eigenvalue weighted by molar-refractivity contribution is 6.24. The minimum Gasteiger partial charge on any atom is -0.371 e. The Kier molecular flexibility index (Phi) is 2.67. The number of aromatic nitrogens is 2. The molecule has 0 bridgehead atoms. The molecule has 4 heteroatoms. The molecule has 3 nitrogen and oxygen atoms in total. The summed E-state index contributed by atoms with van der Waals surface area (Å²) in [6, 6.07) is 1.93. The van der Waals surface area contributed by atoms with Gasteiger partial charge in [0.2, 0.25) is 0 Å². The zero-order chi connectivity index (χ0) is 10.9. The van der Waals surface area contributed by atoms with Crippen molar-refractivity contribution in [1.82, 2.24) is 9.78 Å². The molecular weight excluding hydrogens is 212 g/mol. The molecular formula is C11H13ClN2O.